The standard InChI is InChI=1S/C12H14N2/c1-9-7-14(2)8-11(9)10-5-3-4-6-12(10)13/h3-8H,13H2,1-2H3. The lowest BCUT2D eigenvalue weighted by Gasteiger charge is -2.03. The Morgan fingerprint density at radius 1 is 1.07 bits per heavy atom. The van der Waals surface area contributed by atoms with E-state index in [0.717, 1.165) is 11.3 Å². The number of anilines is 1. The van der Waals surface area contributed by atoms with Crippen LogP contribution in [0.25, 0.3) is 11.1 Å². The molecule has 2 rings (SSSR count). The van der Waals surface area contributed by atoms with Crippen molar-refractivity contribution in [1.82, 2.24) is 4.57 Å². The van der Waals surface area contributed by atoms with E-state index in [1.165, 1.54) is 11.1 Å². The van der Waals surface area contributed by atoms with Gasteiger partial charge in [0, 0.05) is 36.3 Å². The van der Waals surface area contributed by atoms with Gasteiger partial charge in [-0.15, -0.1) is 0 Å². The van der Waals surface area contributed by atoms with Crippen LogP contribution in [-0.2, 0) is 7.05 Å². The van der Waals surface area contributed by atoms with Gasteiger partial charge in [-0.3, -0.25) is 0 Å². The van der Waals surface area contributed by atoms with Gasteiger partial charge in [0.2, 0.25) is 0 Å². The van der Waals surface area contributed by atoms with E-state index < -0.39 is 0 Å². The highest BCUT2D eigenvalue weighted by Crippen LogP contribution is 2.28. The van der Waals surface area contributed by atoms with E-state index in [-0.39, 0.29) is 0 Å². The van der Waals surface area contributed by atoms with E-state index in [2.05, 4.69) is 30.0 Å². The molecule has 14 heavy (non-hydrogen) atoms. The molecule has 0 aliphatic rings. The molecule has 0 fully saturated rings. The first-order valence-corrected chi connectivity index (χ1v) is 4.66. The predicted molar refractivity (Wildman–Crippen MR) is 60.0 cm³/mol. The summed E-state index contributed by atoms with van der Waals surface area (Å²) in [5.74, 6) is 0. The molecule has 1 aromatic heterocycles. The van der Waals surface area contributed by atoms with Gasteiger partial charge in [0.25, 0.3) is 0 Å². The second-order valence-corrected chi connectivity index (χ2v) is 3.61. The third kappa shape index (κ3) is 1.39. The van der Waals surface area contributed by atoms with E-state index in [1.807, 2.05) is 25.2 Å². The minimum absolute atomic E-state index is 0.835. The van der Waals surface area contributed by atoms with Gasteiger partial charge in [-0.1, -0.05) is 18.2 Å². The molecule has 0 spiro atoms. The molecule has 0 unspecified atom stereocenters. The van der Waals surface area contributed by atoms with Crippen LogP contribution >= 0.6 is 0 Å². The molecule has 0 radical (unpaired) electrons. The lowest BCUT2D eigenvalue weighted by Crippen LogP contribution is -1.89. The molecule has 0 aliphatic heterocycles. The summed E-state index contributed by atoms with van der Waals surface area (Å²) in [4.78, 5) is 0. The molecule has 2 nitrogen and oxygen atoms in total. The van der Waals surface area contributed by atoms with Gasteiger partial charge in [-0.05, 0) is 18.6 Å². The van der Waals surface area contributed by atoms with Gasteiger partial charge in [-0.2, -0.15) is 0 Å². The summed E-state index contributed by atoms with van der Waals surface area (Å²) < 4.78 is 2.05. The topological polar surface area (TPSA) is 30.9 Å². The summed E-state index contributed by atoms with van der Waals surface area (Å²) in [7, 11) is 2.02. The van der Waals surface area contributed by atoms with Crippen LogP contribution in [0.2, 0.25) is 0 Å². The van der Waals surface area contributed by atoms with Crippen LogP contribution in [-0.4, -0.2) is 4.57 Å². The minimum atomic E-state index is 0.835. The smallest absolute Gasteiger partial charge is 0.0394 e. The molecule has 0 bridgehead atoms. The van der Waals surface area contributed by atoms with Crippen molar-refractivity contribution in [2.24, 2.45) is 7.05 Å². The fraction of sp³-hybridized carbons (Fsp3) is 0.167. The van der Waals surface area contributed by atoms with Crippen LogP contribution in [0, 0.1) is 6.92 Å². The van der Waals surface area contributed by atoms with E-state index in [9.17, 15) is 0 Å². The summed E-state index contributed by atoms with van der Waals surface area (Å²) >= 11 is 0. The van der Waals surface area contributed by atoms with Crippen molar-refractivity contribution in [3.63, 3.8) is 0 Å². The Morgan fingerprint density at radius 3 is 2.36 bits per heavy atom. The average molecular weight is 186 g/mol. The molecule has 1 aromatic carbocycles. The molecule has 1 heterocycles. The molecular weight excluding hydrogens is 172 g/mol. The van der Waals surface area contributed by atoms with Crippen LogP contribution in [0.5, 0.6) is 0 Å². The number of nitrogen functional groups attached to an aromatic ring is 1. The number of aryl methyl sites for hydroxylation is 2. The second-order valence-electron chi connectivity index (χ2n) is 3.61. The van der Waals surface area contributed by atoms with Crippen LogP contribution in [0.4, 0.5) is 5.69 Å². The Hall–Kier alpha value is -1.70. The molecule has 72 valence electrons. The maximum atomic E-state index is 5.92. The zero-order chi connectivity index (χ0) is 10.1. The van der Waals surface area contributed by atoms with E-state index in [0.29, 0.717) is 0 Å². The first-order chi connectivity index (χ1) is 6.68. The SMILES string of the molecule is Cc1cn(C)cc1-c1ccccc1N. The zero-order valence-corrected chi connectivity index (χ0v) is 8.49. The van der Waals surface area contributed by atoms with Gasteiger partial charge >= 0.3 is 0 Å². The summed E-state index contributed by atoms with van der Waals surface area (Å²) in [5, 5.41) is 0. The molecule has 0 aliphatic carbocycles. The summed E-state index contributed by atoms with van der Waals surface area (Å²) in [5.41, 5.74) is 10.3. The van der Waals surface area contributed by atoms with Crippen LogP contribution in [0.15, 0.2) is 36.7 Å². The normalized spacial score (nSPS) is 10.4. The van der Waals surface area contributed by atoms with Crippen molar-refractivity contribution >= 4 is 5.69 Å². The van der Waals surface area contributed by atoms with Gasteiger partial charge < -0.3 is 10.3 Å². The minimum Gasteiger partial charge on any atom is -0.398 e. The average Bonchev–Trinajstić information content (AvgIpc) is 2.46. The molecule has 0 saturated heterocycles. The Labute approximate surface area is 84.0 Å². The van der Waals surface area contributed by atoms with Crippen molar-refractivity contribution in [2.75, 3.05) is 5.73 Å². The van der Waals surface area contributed by atoms with E-state index in [4.69, 9.17) is 5.73 Å². The number of rotatable bonds is 1. The summed E-state index contributed by atoms with van der Waals surface area (Å²) in [6.45, 7) is 2.10. The lowest BCUT2D eigenvalue weighted by molar-refractivity contribution is 0.925. The zero-order valence-electron chi connectivity index (χ0n) is 8.49. The fourth-order valence-corrected chi connectivity index (χ4v) is 1.74. The number of benzene rings is 1. The predicted octanol–water partition coefficient (Wildman–Crippen LogP) is 2.58. The van der Waals surface area contributed by atoms with E-state index >= 15 is 0 Å². The Bertz CT molecular complexity index is 455. The fourth-order valence-electron chi connectivity index (χ4n) is 1.74. The van der Waals surface area contributed by atoms with Gasteiger partial charge in [0.05, 0.1) is 0 Å². The first kappa shape index (κ1) is 8.88. The molecular formula is C12H14N2. The number of nitrogens with two attached hydrogens (primary N) is 1. The number of aromatic nitrogens is 1. The van der Waals surface area contributed by atoms with Crippen molar-refractivity contribution in [3.8, 4) is 11.1 Å². The van der Waals surface area contributed by atoms with Gasteiger partial charge in [0.15, 0.2) is 0 Å². The number of para-hydroxylation sites is 1. The van der Waals surface area contributed by atoms with Crippen LogP contribution < -0.4 is 5.73 Å². The highest BCUT2D eigenvalue weighted by atomic mass is 14.9. The monoisotopic (exact) mass is 186 g/mol. The largest absolute Gasteiger partial charge is 0.398 e. The highest BCUT2D eigenvalue weighted by molar-refractivity contribution is 5.77. The van der Waals surface area contributed by atoms with Crippen LogP contribution in [0.1, 0.15) is 5.56 Å². The lowest BCUT2D eigenvalue weighted by atomic mass is 10.0. The highest BCUT2D eigenvalue weighted by Gasteiger charge is 2.06. The third-order valence-electron chi connectivity index (χ3n) is 2.41. The third-order valence-corrected chi connectivity index (χ3v) is 2.41. The maximum absolute atomic E-state index is 5.92. The van der Waals surface area contributed by atoms with Crippen molar-refractivity contribution in [2.45, 2.75) is 6.92 Å². The number of hydrogen-bond acceptors (Lipinski definition) is 1. The van der Waals surface area contributed by atoms with E-state index in [1.54, 1.807) is 0 Å². The molecule has 2 aromatic rings. The Balaban J connectivity index is 2.60. The van der Waals surface area contributed by atoms with Crippen molar-refractivity contribution < 1.29 is 0 Å². The van der Waals surface area contributed by atoms with Gasteiger partial charge in [0.1, 0.15) is 0 Å². The molecule has 2 N–H and O–H groups in total. The Morgan fingerprint density at radius 2 is 1.79 bits per heavy atom. The molecule has 0 atom stereocenters. The maximum Gasteiger partial charge on any atom is 0.0394 e. The Kier molecular flexibility index (Phi) is 2.04. The first-order valence-electron chi connectivity index (χ1n) is 4.66. The number of nitrogens with zero attached hydrogens (tertiary/aromatic N) is 1. The van der Waals surface area contributed by atoms with Crippen molar-refractivity contribution in [1.29, 1.82) is 0 Å². The number of hydrogen-bond donors (Lipinski definition) is 1. The molecule has 0 saturated carbocycles. The van der Waals surface area contributed by atoms with Crippen LogP contribution in [0.3, 0.4) is 0 Å². The van der Waals surface area contributed by atoms with Crippen molar-refractivity contribution in [3.05, 3.63) is 42.2 Å². The summed E-state index contributed by atoms with van der Waals surface area (Å²) in [6.07, 6.45) is 4.20. The summed E-state index contributed by atoms with van der Waals surface area (Å²) in [6, 6.07) is 7.95. The molecule has 2 heteroatoms. The van der Waals surface area contributed by atoms with Gasteiger partial charge in [-0.25, -0.2) is 0 Å². The molecule has 0 amide bonds. The quantitative estimate of drug-likeness (QED) is 0.682. The second kappa shape index (κ2) is 3.22.